The van der Waals surface area contributed by atoms with Gasteiger partial charge in [-0.1, -0.05) is 32.0 Å². The molecule has 0 fully saturated rings. The van der Waals surface area contributed by atoms with Crippen molar-refractivity contribution in [2.24, 2.45) is 5.41 Å². The Balaban J connectivity index is 2.55. The van der Waals surface area contributed by atoms with Gasteiger partial charge in [0.15, 0.2) is 0 Å². The van der Waals surface area contributed by atoms with Gasteiger partial charge in [0, 0.05) is 25.7 Å². The molecule has 0 saturated carbocycles. The third kappa shape index (κ3) is 6.17. The molecule has 112 valence electrons. The fraction of sp³-hybridized carbons (Fsp3) is 0.562. The summed E-state index contributed by atoms with van der Waals surface area (Å²) < 4.78 is 0. The minimum Gasteiger partial charge on any atom is -0.393 e. The second kappa shape index (κ2) is 7.41. The van der Waals surface area contributed by atoms with Crippen LogP contribution in [-0.2, 0) is 11.3 Å². The zero-order chi connectivity index (χ0) is 15.2. The maximum atomic E-state index is 11.2. The van der Waals surface area contributed by atoms with E-state index in [1.165, 1.54) is 6.92 Å². The molecule has 0 heterocycles. The molecular weight excluding hydrogens is 252 g/mol. The normalized spacial score (nSPS) is 13.1. The lowest BCUT2D eigenvalue weighted by atomic mass is 9.87. The Kier molecular flexibility index (Phi) is 6.17. The van der Waals surface area contributed by atoms with Crippen molar-refractivity contribution in [1.82, 2.24) is 5.32 Å². The van der Waals surface area contributed by atoms with Gasteiger partial charge in [0.1, 0.15) is 0 Å². The molecule has 0 bridgehead atoms. The number of benzene rings is 1. The molecule has 1 aromatic rings. The summed E-state index contributed by atoms with van der Waals surface area (Å²) in [7, 11) is 0. The Labute approximate surface area is 121 Å². The monoisotopic (exact) mass is 278 g/mol. The number of nitrogens with one attached hydrogen (secondary N) is 2. The van der Waals surface area contributed by atoms with Crippen molar-refractivity contribution in [1.29, 1.82) is 0 Å². The molecule has 0 saturated heterocycles. The van der Waals surface area contributed by atoms with Gasteiger partial charge in [-0.05, 0) is 30.4 Å². The highest BCUT2D eigenvalue weighted by atomic mass is 16.3. The lowest BCUT2D eigenvalue weighted by molar-refractivity contribution is -0.114. The van der Waals surface area contributed by atoms with E-state index in [4.69, 9.17) is 0 Å². The number of anilines is 1. The molecule has 4 heteroatoms. The van der Waals surface area contributed by atoms with Crippen molar-refractivity contribution in [2.45, 2.75) is 46.8 Å². The Morgan fingerprint density at radius 1 is 1.35 bits per heavy atom. The molecule has 3 N–H and O–H groups in total. The number of hydrogen-bond acceptors (Lipinski definition) is 3. The molecule has 0 aromatic heterocycles. The van der Waals surface area contributed by atoms with Crippen molar-refractivity contribution in [3.05, 3.63) is 29.8 Å². The zero-order valence-electron chi connectivity index (χ0n) is 12.9. The van der Waals surface area contributed by atoms with E-state index in [1.54, 1.807) is 0 Å². The first-order valence-electron chi connectivity index (χ1n) is 7.04. The lowest BCUT2D eigenvalue weighted by Gasteiger charge is -2.26. The smallest absolute Gasteiger partial charge is 0.221 e. The summed E-state index contributed by atoms with van der Waals surface area (Å²) in [6.45, 7) is 9.09. The predicted octanol–water partition coefficient (Wildman–Crippen LogP) is 2.53. The number of aliphatic hydroxyl groups is 1. The van der Waals surface area contributed by atoms with Crippen LogP contribution in [0.1, 0.15) is 39.7 Å². The van der Waals surface area contributed by atoms with E-state index in [0.717, 1.165) is 24.2 Å². The first kappa shape index (κ1) is 16.7. The van der Waals surface area contributed by atoms with Gasteiger partial charge in [-0.15, -0.1) is 0 Å². The highest BCUT2D eigenvalue weighted by molar-refractivity contribution is 5.89. The number of aliphatic hydroxyl groups excluding tert-OH is 1. The van der Waals surface area contributed by atoms with E-state index in [-0.39, 0.29) is 17.4 Å². The van der Waals surface area contributed by atoms with Crippen molar-refractivity contribution >= 4 is 11.6 Å². The van der Waals surface area contributed by atoms with E-state index in [9.17, 15) is 9.90 Å². The average Bonchev–Trinajstić information content (AvgIpc) is 2.28. The van der Waals surface area contributed by atoms with Crippen LogP contribution in [0.5, 0.6) is 0 Å². The highest BCUT2D eigenvalue weighted by Crippen LogP contribution is 2.22. The number of para-hydroxylation sites is 1. The SMILES string of the molecule is CC(=O)Nc1ccccc1CNCC(C)(C)CC(C)O. The van der Waals surface area contributed by atoms with Crippen LogP contribution in [0, 0.1) is 5.41 Å². The quantitative estimate of drug-likeness (QED) is 0.718. The van der Waals surface area contributed by atoms with Crippen LogP contribution < -0.4 is 10.6 Å². The van der Waals surface area contributed by atoms with Gasteiger partial charge in [-0.25, -0.2) is 0 Å². The summed E-state index contributed by atoms with van der Waals surface area (Å²) in [5.41, 5.74) is 1.95. The van der Waals surface area contributed by atoms with Crippen molar-refractivity contribution < 1.29 is 9.90 Å². The maximum Gasteiger partial charge on any atom is 0.221 e. The van der Waals surface area contributed by atoms with Gasteiger partial charge in [0.25, 0.3) is 0 Å². The predicted molar refractivity (Wildman–Crippen MR) is 82.5 cm³/mol. The van der Waals surface area contributed by atoms with Crippen LogP contribution in [0.25, 0.3) is 0 Å². The first-order chi connectivity index (χ1) is 9.30. The summed E-state index contributed by atoms with van der Waals surface area (Å²) in [5, 5.41) is 15.7. The fourth-order valence-corrected chi connectivity index (χ4v) is 2.39. The standard InChI is InChI=1S/C16H26N2O2/c1-12(19)9-16(3,4)11-17-10-14-7-5-6-8-15(14)18-13(2)20/h5-8,12,17,19H,9-11H2,1-4H3,(H,18,20). The van der Waals surface area contributed by atoms with Crippen LogP contribution in [0.4, 0.5) is 5.69 Å². The number of carbonyl (C=O) groups excluding carboxylic acids is 1. The average molecular weight is 278 g/mol. The fourth-order valence-electron chi connectivity index (χ4n) is 2.39. The molecule has 1 amide bonds. The van der Waals surface area contributed by atoms with E-state index in [1.807, 2.05) is 31.2 Å². The Bertz CT molecular complexity index is 442. The van der Waals surface area contributed by atoms with Crippen molar-refractivity contribution in [3.8, 4) is 0 Å². The van der Waals surface area contributed by atoms with Gasteiger partial charge in [-0.3, -0.25) is 4.79 Å². The number of amides is 1. The van der Waals surface area contributed by atoms with Crippen LogP contribution in [0.3, 0.4) is 0 Å². The van der Waals surface area contributed by atoms with E-state index in [2.05, 4.69) is 24.5 Å². The van der Waals surface area contributed by atoms with Crippen molar-refractivity contribution in [3.63, 3.8) is 0 Å². The second-order valence-electron chi connectivity index (χ2n) is 6.16. The Hall–Kier alpha value is -1.39. The lowest BCUT2D eigenvalue weighted by Crippen LogP contribution is -2.31. The topological polar surface area (TPSA) is 61.4 Å². The van der Waals surface area contributed by atoms with Gasteiger partial charge >= 0.3 is 0 Å². The molecule has 0 radical (unpaired) electrons. The molecule has 0 aliphatic carbocycles. The Morgan fingerprint density at radius 2 is 2.00 bits per heavy atom. The molecule has 1 unspecified atom stereocenters. The summed E-state index contributed by atoms with van der Waals surface area (Å²) >= 11 is 0. The second-order valence-corrected chi connectivity index (χ2v) is 6.16. The summed E-state index contributed by atoms with van der Waals surface area (Å²) in [6, 6.07) is 7.77. The van der Waals surface area contributed by atoms with Crippen LogP contribution in [0.15, 0.2) is 24.3 Å². The molecular formula is C16H26N2O2. The number of hydrogen-bond donors (Lipinski definition) is 3. The van der Waals surface area contributed by atoms with E-state index >= 15 is 0 Å². The Morgan fingerprint density at radius 3 is 2.60 bits per heavy atom. The van der Waals surface area contributed by atoms with Gasteiger partial charge < -0.3 is 15.7 Å². The number of rotatable bonds is 7. The minimum atomic E-state index is -0.293. The molecule has 1 aromatic carbocycles. The zero-order valence-corrected chi connectivity index (χ0v) is 12.9. The molecule has 0 aliphatic rings. The van der Waals surface area contributed by atoms with E-state index in [0.29, 0.717) is 6.54 Å². The molecule has 4 nitrogen and oxygen atoms in total. The molecule has 1 atom stereocenters. The van der Waals surface area contributed by atoms with Gasteiger partial charge in [0.05, 0.1) is 6.10 Å². The first-order valence-corrected chi connectivity index (χ1v) is 7.04. The molecule has 20 heavy (non-hydrogen) atoms. The van der Waals surface area contributed by atoms with Crippen LogP contribution >= 0.6 is 0 Å². The molecule has 0 spiro atoms. The maximum absolute atomic E-state index is 11.2. The van der Waals surface area contributed by atoms with Crippen LogP contribution in [0.2, 0.25) is 0 Å². The van der Waals surface area contributed by atoms with Crippen LogP contribution in [-0.4, -0.2) is 23.7 Å². The molecule has 0 aliphatic heterocycles. The van der Waals surface area contributed by atoms with E-state index < -0.39 is 0 Å². The largest absolute Gasteiger partial charge is 0.393 e. The summed E-state index contributed by atoms with van der Waals surface area (Å²) in [6.07, 6.45) is 0.464. The third-order valence-electron chi connectivity index (χ3n) is 3.10. The van der Waals surface area contributed by atoms with Crippen molar-refractivity contribution in [2.75, 3.05) is 11.9 Å². The molecule has 1 rings (SSSR count). The summed E-state index contributed by atoms with van der Waals surface area (Å²) in [4.78, 5) is 11.2. The third-order valence-corrected chi connectivity index (χ3v) is 3.10. The van der Waals surface area contributed by atoms with Gasteiger partial charge in [-0.2, -0.15) is 0 Å². The highest BCUT2D eigenvalue weighted by Gasteiger charge is 2.19. The van der Waals surface area contributed by atoms with Gasteiger partial charge in [0.2, 0.25) is 5.91 Å². The minimum absolute atomic E-state index is 0.0388. The number of carbonyl (C=O) groups is 1. The summed E-state index contributed by atoms with van der Waals surface area (Å²) in [5.74, 6) is -0.0631.